The second kappa shape index (κ2) is 11.8. The highest BCUT2D eigenvalue weighted by Gasteiger charge is 2.28. The van der Waals surface area contributed by atoms with Crippen LogP contribution in [0, 0.1) is 18.6 Å². The van der Waals surface area contributed by atoms with Gasteiger partial charge in [-0.15, -0.1) is 11.3 Å². The molecule has 3 aromatic heterocycles. The van der Waals surface area contributed by atoms with Gasteiger partial charge in [-0.3, -0.25) is 4.40 Å². The normalized spacial score (nSPS) is 14.4. The second-order valence-corrected chi connectivity index (χ2v) is 13.2. The van der Waals surface area contributed by atoms with Crippen LogP contribution < -0.4 is 0 Å². The zero-order valence-corrected chi connectivity index (χ0v) is 26.5. The highest BCUT2D eigenvalue weighted by Crippen LogP contribution is 2.37. The quantitative estimate of drug-likeness (QED) is 0.198. The van der Waals surface area contributed by atoms with Crippen molar-refractivity contribution in [1.82, 2.24) is 19.3 Å². The first-order valence-electron chi connectivity index (χ1n) is 15.0. The van der Waals surface area contributed by atoms with Crippen LogP contribution in [0.15, 0.2) is 60.1 Å². The lowest BCUT2D eigenvalue weighted by atomic mass is 9.90. The van der Waals surface area contributed by atoms with E-state index in [-0.39, 0.29) is 23.6 Å². The van der Waals surface area contributed by atoms with Crippen LogP contribution in [0.3, 0.4) is 0 Å². The molecule has 1 aliphatic heterocycles. The van der Waals surface area contributed by atoms with Gasteiger partial charge in [0.1, 0.15) is 27.9 Å². The van der Waals surface area contributed by atoms with Crippen molar-refractivity contribution in [1.29, 1.82) is 0 Å². The molecule has 6 nitrogen and oxygen atoms in total. The van der Waals surface area contributed by atoms with Crippen LogP contribution in [0.25, 0.3) is 38.7 Å². The number of nitrogens with zero attached hydrogens (tertiary/aromatic N) is 4. The minimum Gasteiger partial charge on any atom is -0.444 e. The Hall–Kier alpha value is -4.11. The molecule has 0 unspecified atom stereocenters. The first-order valence-corrected chi connectivity index (χ1v) is 15.9. The van der Waals surface area contributed by atoms with Gasteiger partial charge in [0.25, 0.3) is 0 Å². The summed E-state index contributed by atoms with van der Waals surface area (Å²) in [6.45, 7) is 10.7. The first-order chi connectivity index (χ1) is 21.0. The second-order valence-electron chi connectivity index (χ2n) is 12.3. The summed E-state index contributed by atoms with van der Waals surface area (Å²) in [7, 11) is 0. The van der Waals surface area contributed by atoms with Crippen LogP contribution in [0.4, 0.5) is 13.6 Å². The van der Waals surface area contributed by atoms with Crippen molar-refractivity contribution in [2.24, 2.45) is 0 Å². The summed E-state index contributed by atoms with van der Waals surface area (Å²) in [6.07, 6.45) is 4.13. The Morgan fingerprint density at radius 3 is 2.39 bits per heavy atom. The molecule has 0 aliphatic carbocycles. The molecule has 0 bridgehead atoms. The molecule has 0 N–H and O–H groups in total. The monoisotopic (exact) mass is 614 g/mol. The molecule has 44 heavy (non-hydrogen) atoms. The number of imidazole rings is 1. The van der Waals surface area contributed by atoms with Crippen LogP contribution in [0.2, 0.25) is 0 Å². The summed E-state index contributed by atoms with van der Waals surface area (Å²) in [5, 5.41) is 2.62. The molecule has 5 aromatic rings. The molecule has 4 heterocycles. The number of carbonyl (C=O) groups is 1. The summed E-state index contributed by atoms with van der Waals surface area (Å²) in [5.41, 5.74) is 6.29. The summed E-state index contributed by atoms with van der Waals surface area (Å²) in [5.74, 6) is -0.326. The maximum absolute atomic E-state index is 16.3. The largest absolute Gasteiger partial charge is 0.444 e. The van der Waals surface area contributed by atoms with E-state index in [0.717, 1.165) is 52.3 Å². The Balaban J connectivity index is 1.30. The maximum atomic E-state index is 16.3. The number of carbonyl (C=O) groups excluding carboxylic acids is 1. The highest BCUT2D eigenvalue weighted by molar-refractivity contribution is 7.13. The van der Waals surface area contributed by atoms with Crippen LogP contribution in [-0.4, -0.2) is 44.1 Å². The lowest BCUT2D eigenvalue weighted by Gasteiger charge is -2.33. The fourth-order valence-electron chi connectivity index (χ4n) is 5.86. The number of piperidine rings is 1. The van der Waals surface area contributed by atoms with E-state index in [1.807, 2.05) is 55.7 Å². The predicted molar refractivity (Wildman–Crippen MR) is 171 cm³/mol. The number of hydrogen-bond donors (Lipinski definition) is 0. The van der Waals surface area contributed by atoms with E-state index in [1.54, 1.807) is 24.0 Å². The number of aromatic nitrogens is 3. The predicted octanol–water partition coefficient (Wildman–Crippen LogP) is 9.06. The zero-order valence-electron chi connectivity index (χ0n) is 25.7. The van der Waals surface area contributed by atoms with Crippen LogP contribution in [-0.2, 0) is 11.2 Å². The molecule has 0 saturated carbocycles. The smallest absolute Gasteiger partial charge is 0.410 e. The average Bonchev–Trinajstić information content (AvgIpc) is 3.63. The van der Waals surface area contributed by atoms with Crippen molar-refractivity contribution in [3.63, 3.8) is 0 Å². The number of likely N-dealkylation sites (tertiary alicyclic amines) is 1. The van der Waals surface area contributed by atoms with E-state index in [9.17, 15) is 9.18 Å². The number of ether oxygens (including phenoxy) is 1. The van der Waals surface area contributed by atoms with Gasteiger partial charge >= 0.3 is 6.09 Å². The third-order valence-corrected chi connectivity index (χ3v) is 9.06. The number of amides is 1. The molecule has 0 radical (unpaired) electrons. The minimum absolute atomic E-state index is 0.269. The Kier molecular flexibility index (Phi) is 8.01. The minimum atomic E-state index is -0.521. The van der Waals surface area contributed by atoms with Crippen molar-refractivity contribution < 1.29 is 18.3 Å². The van der Waals surface area contributed by atoms with Gasteiger partial charge in [-0.25, -0.2) is 23.5 Å². The fraction of sp³-hybridized carbons (Fsp3) is 0.343. The van der Waals surface area contributed by atoms with Crippen molar-refractivity contribution >= 4 is 23.1 Å². The number of benzene rings is 2. The fourth-order valence-corrected chi connectivity index (χ4v) is 6.77. The lowest BCUT2D eigenvalue weighted by Crippen LogP contribution is -2.41. The Labute approximate surface area is 260 Å². The molecule has 1 aliphatic rings. The molecule has 228 valence electrons. The van der Waals surface area contributed by atoms with Crippen LogP contribution >= 0.6 is 11.3 Å². The third kappa shape index (κ3) is 5.85. The molecular formula is C35H36F2N4O2S. The van der Waals surface area contributed by atoms with E-state index in [4.69, 9.17) is 14.7 Å². The van der Waals surface area contributed by atoms with Crippen molar-refractivity contribution in [3.8, 4) is 33.1 Å². The molecule has 0 atom stereocenters. The third-order valence-electron chi connectivity index (χ3n) is 8.18. The van der Waals surface area contributed by atoms with E-state index >= 15 is 4.39 Å². The molecule has 6 rings (SSSR count). The first kappa shape index (κ1) is 29.9. The number of pyridine rings is 1. The van der Waals surface area contributed by atoms with Crippen molar-refractivity contribution in [2.75, 3.05) is 13.1 Å². The van der Waals surface area contributed by atoms with Gasteiger partial charge in [0.05, 0.1) is 17.1 Å². The van der Waals surface area contributed by atoms with Gasteiger partial charge in [-0.2, -0.15) is 0 Å². The molecule has 1 fully saturated rings. The number of thiazole rings is 1. The van der Waals surface area contributed by atoms with Gasteiger partial charge in [-0.05, 0) is 100 Å². The molecular weight excluding hydrogens is 578 g/mol. The van der Waals surface area contributed by atoms with E-state index in [0.29, 0.717) is 35.6 Å². The Morgan fingerprint density at radius 1 is 1.00 bits per heavy atom. The molecule has 1 amide bonds. The van der Waals surface area contributed by atoms with Crippen molar-refractivity contribution in [2.45, 2.75) is 65.4 Å². The van der Waals surface area contributed by atoms with E-state index in [1.165, 1.54) is 23.5 Å². The standard InChI is InChI=1S/C35H36F2N4O2S/c1-6-28-32(27-13-12-26(21(2)31(27)37)33-39-29(20-44-33)23-7-10-25(36)11-8-23)41-19-24(9-14-30(41)38-28)22-15-17-40(18-16-22)34(42)43-35(3,4)5/h7-14,19-20,22H,6,15-18H2,1-5H3. The number of rotatable bonds is 5. The van der Waals surface area contributed by atoms with Crippen LogP contribution in [0.1, 0.15) is 63.3 Å². The van der Waals surface area contributed by atoms with Gasteiger partial charge in [0, 0.05) is 41.4 Å². The molecule has 1 saturated heterocycles. The Morgan fingerprint density at radius 2 is 1.70 bits per heavy atom. The average molecular weight is 615 g/mol. The van der Waals surface area contributed by atoms with Crippen LogP contribution in [0.5, 0.6) is 0 Å². The summed E-state index contributed by atoms with van der Waals surface area (Å²) < 4.78 is 37.2. The summed E-state index contributed by atoms with van der Waals surface area (Å²) in [4.78, 5) is 23.9. The van der Waals surface area contributed by atoms with Gasteiger partial charge in [0.15, 0.2) is 0 Å². The van der Waals surface area contributed by atoms with E-state index in [2.05, 4.69) is 12.3 Å². The van der Waals surface area contributed by atoms with Gasteiger partial charge in [-0.1, -0.05) is 19.1 Å². The summed E-state index contributed by atoms with van der Waals surface area (Å²) >= 11 is 1.44. The zero-order chi connectivity index (χ0) is 31.2. The summed E-state index contributed by atoms with van der Waals surface area (Å²) in [6, 6.07) is 14.1. The molecule has 9 heteroatoms. The van der Waals surface area contributed by atoms with Crippen molar-refractivity contribution in [3.05, 3.63) is 88.6 Å². The Bertz CT molecular complexity index is 1830. The molecule has 0 spiro atoms. The van der Waals surface area contributed by atoms with E-state index < -0.39 is 5.60 Å². The lowest BCUT2D eigenvalue weighted by molar-refractivity contribution is 0.0204. The maximum Gasteiger partial charge on any atom is 0.410 e. The van der Waals surface area contributed by atoms with Gasteiger partial charge < -0.3 is 9.64 Å². The molecule has 2 aromatic carbocycles. The topological polar surface area (TPSA) is 59.7 Å². The number of aryl methyl sites for hydroxylation is 1. The van der Waals surface area contributed by atoms with Gasteiger partial charge in [0.2, 0.25) is 0 Å². The number of halogens is 2. The number of hydrogen-bond acceptors (Lipinski definition) is 5. The number of fused-ring (bicyclic) bond motifs is 1. The SMILES string of the molecule is CCc1nc2ccc(C3CCN(C(=O)OC(C)(C)C)CC3)cn2c1-c1ccc(-c2nc(-c3ccc(F)cc3)cs2)c(C)c1F. The highest BCUT2D eigenvalue weighted by atomic mass is 32.1.